The van der Waals surface area contributed by atoms with E-state index >= 15 is 0 Å². The Hall–Kier alpha value is -0.420. The lowest BCUT2D eigenvalue weighted by molar-refractivity contribution is -0.110. The Labute approximate surface area is 130 Å². The predicted octanol–water partition coefficient (Wildman–Crippen LogP) is 3.17. The molecule has 1 aliphatic rings. The van der Waals surface area contributed by atoms with Crippen LogP contribution in [0.2, 0.25) is 0 Å². The lowest BCUT2D eigenvalue weighted by Crippen LogP contribution is -2.56. The molecule has 1 atom stereocenters. The molecule has 0 aromatic heterocycles. The summed E-state index contributed by atoms with van der Waals surface area (Å²) >= 11 is 3.55. The van der Waals surface area contributed by atoms with Gasteiger partial charge in [0.2, 0.25) is 0 Å². The van der Waals surface area contributed by atoms with E-state index in [1.165, 1.54) is 5.56 Å². The molecule has 1 saturated heterocycles. The zero-order valence-corrected chi connectivity index (χ0v) is 13.9. The standard InChI is InChI=1S/C16H24BrNO2/c1-3-18-15(12-13-5-4-6-14(17)11-13)16(19-2)7-9-20-10-8-16/h4-6,11,15,18H,3,7-10,12H2,1-2H3. The van der Waals surface area contributed by atoms with E-state index in [2.05, 4.69) is 52.4 Å². The number of halogens is 1. The Morgan fingerprint density at radius 1 is 1.40 bits per heavy atom. The van der Waals surface area contributed by atoms with Crippen molar-refractivity contribution in [2.75, 3.05) is 26.9 Å². The highest BCUT2D eigenvalue weighted by Gasteiger charge is 2.40. The highest BCUT2D eigenvalue weighted by atomic mass is 79.9. The molecule has 0 radical (unpaired) electrons. The van der Waals surface area contributed by atoms with Gasteiger partial charge in [0.05, 0.1) is 5.60 Å². The Kier molecular flexibility index (Phi) is 6.02. The summed E-state index contributed by atoms with van der Waals surface area (Å²) in [5.41, 5.74) is 1.21. The Morgan fingerprint density at radius 2 is 2.15 bits per heavy atom. The van der Waals surface area contributed by atoms with E-state index in [9.17, 15) is 0 Å². The largest absolute Gasteiger partial charge is 0.381 e. The molecule has 20 heavy (non-hydrogen) atoms. The van der Waals surface area contributed by atoms with Crippen molar-refractivity contribution in [3.05, 3.63) is 34.3 Å². The molecule has 4 heteroatoms. The average molecular weight is 342 g/mol. The first-order valence-electron chi connectivity index (χ1n) is 7.31. The van der Waals surface area contributed by atoms with Crippen LogP contribution in [0, 0.1) is 0 Å². The van der Waals surface area contributed by atoms with Crippen molar-refractivity contribution < 1.29 is 9.47 Å². The Balaban J connectivity index is 2.16. The molecule has 1 heterocycles. The number of nitrogens with one attached hydrogen (secondary N) is 1. The summed E-state index contributed by atoms with van der Waals surface area (Å²) < 4.78 is 12.6. The fraction of sp³-hybridized carbons (Fsp3) is 0.625. The summed E-state index contributed by atoms with van der Waals surface area (Å²) in [6.45, 7) is 4.67. The Bertz CT molecular complexity index is 419. The molecule has 1 fully saturated rings. The molecule has 0 amide bonds. The third kappa shape index (κ3) is 3.82. The van der Waals surface area contributed by atoms with Crippen LogP contribution in [-0.2, 0) is 15.9 Å². The third-order valence-electron chi connectivity index (χ3n) is 4.16. The molecule has 1 aromatic carbocycles. The third-order valence-corrected chi connectivity index (χ3v) is 4.65. The monoisotopic (exact) mass is 341 g/mol. The number of ether oxygens (including phenoxy) is 2. The normalized spacial score (nSPS) is 19.8. The van der Waals surface area contributed by atoms with Gasteiger partial charge in [0.15, 0.2) is 0 Å². The smallest absolute Gasteiger partial charge is 0.0877 e. The maximum Gasteiger partial charge on any atom is 0.0877 e. The molecule has 0 bridgehead atoms. The van der Waals surface area contributed by atoms with Gasteiger partial charge in [-0.1, -0.05) is 35.0 Å². The van der Waals surface area contributed by atoms with Crippen LogP contribution in [0.4, 0.5) is 0 Å². The van der Waals surface area contributed by atoms with Gasteiger partial charge in [-0.25, -0.2) is 0 Å². The summed E-state index contributed by atoms with van der Waals surface area (Å²) in [6, 6.07) is 8.83. The van der Waals surface area contributed by atoms with E-state index in [0.717, 1.165) is 43.5 Å². The van der Waals surface area contributed by atoms with Gasteiger partial charge in [-0.15, -0.1) is 0 Å². The quantitative estimate of drug-likeness (QED) is 0.861. The summed E-state index contributed by atoms with van der Waals surface area (Å²) in [5.74, 6) is 0. The minimum atomic E-state index is -0.115. The second-order valence-corrected chi connectivity index (χ2v) is 6.24. The summed E-state index contributed by atoms with van der Waals surface area (Å²) in [4.78, 5) is 0. The maximum atomic E-state index is 5.94. The first-order valence-corrected chi connectivity index (χ1v) is 8.10. The van der Waals surface area contributed by atoms with Crippen LogP contribution in [-0.4, -0.2) is 38.5 Å². The van der Waals surface area contributed by atoms with Crippen molar-refractivity contribution in [2.45, 2.75) is 37.8 Å². The van der Waals surface area contributed by atoms with Crippen molar-refractivity contribution >= 4 is 15.9 Å². The van der Waals surface area contributed by atoms with Crippen LogP contribution in [0.5, 0.6) is 0 Å². The van der Waals surface area contributed by atoms with Gasteiger partial charge < -0.3 is 14.8 Å². The average Bonchev–Trinajstić information content (AvgIpc) is 2.47. The summed E-state index contributed by atoms with van der Waals surface area (Å²) in [6.07, 6.45) is 2.88. The molecule has 3 nitrogen and oxygen atoms in total. The zero-order valence-electron chi connectivity index (χ0n) is 12.3. The van der Waals surface area contributed by atoms with Gasteiger partial charge >= 0.3 is 0 Å². The lowest BCUT2D eigenvalue weighted by Gasteiger charge is -2.42. The van der Waals surface area contributed by atoms with Gasteiger partial charge in [-0.2, -0.15) is 0 Å². The van der Waals surface area contributed by atoms with E-state index < -0.39 is 0 Å². The number of methoxy groups -OCH3 is 1. The van der Waals surface area contributed by atoms with E-state index in [4.69, 9.17) is 9.47 Å². The fourth-order valence-electron chi connectivity index (χ4n) is 3.00. The summed E-state index contributed by atoms with van der Waals surface area (Å²) in [7, 11) is 1.83. The van der Waals surface area contributed by atoms with E-state index in [0.29, 0.717) is 6.04 Å². The highest BCUT2D eigenvalue weighted by molar-refractivity contribution is 9.10. The molecular weight excluding hydrogens is 318 g/mol. The first kappa shape index (κ1) is 16.0. The molecule has 1 unspecified atom stereocenters. The van der Waals surface area contributed by atoms with Crippen LogP contribution in [0.25, 0.3) is 0 Å². The van der Waals surface area contributed by atoms with E-state index in [1.54, 1.807) is 0 Å². The molecule has 1 aliphatic heterocycles. The SMILES string of the molecule is CCNC(Cc1cccc(Br)c1)C1(OC)CCOCC1. The molecule has 0 aliphatic carbocycles. The number of likely N-dealkylation sites (N-methyl/N-ethyl adjacent to an activating group) is 1. The zero-order chi connectivity index (χ0) is 14.4. The highest BCUT2D eigenvalue weighted by Crippen LogP contribution is 2.30. The minimum absolute atomic E-state index is 0.115. The van der Waals surface area contributed by atoms with Crippen molar-refractivity contribution in [3.63, 3.8) is 0 Å². The molecule has 1 aromatic rings. The topological polar surface area (TPSA) is 30.5 Å². The van der Waals surface area contributed by atoms with Crippen LogP contribution in [0.1, 0.15) is 25.3 Å². The van der Waals surface area contributed by atoms with Crippen molar-refractivity contribution in [2.24, 2.45) is 0 Å². The number of benzene rings is 1. The molecule has 112 valence electrons. The minimum Gasteiger partial charge on any atom is -0.381 e. The first-order chi connectivity index (χ1) is 9.70. The van der Waals surface area contributed by atoms with Gasteiger partial charge in [0.1, 0.15) is 0 Å². The van der Waals surface area contributed by atoms with Crippen LogP contribution < -0.4 is 5.32 Å². The molecule has 0 saturated carbocycles. The lowest BCUT2D eigenvalue weighted by atomic mass is 9.82. The van der Waals surface area contributed by atoms with Gasteiger partial charge in [0.25, 0.3) is 0 Å². The second-order valence-electron chi connectivity index (χ2n) is 5.33. The van der Waals surface area contributed by atoms with Crippen molar-refractivity contribution in [1.29, 1.82) is 0 Å². The van der Waals surface area contributed by atoms with Gasteiger partial charge in [-0.05, 0) is 30.7 Å². The summed E-state index contributed by atoms with van der Waals surface area (Å²) in [5, 5.41) is 3.62. The number of hydrogen-bond donors (Lipinski definition) is 1. The van der Waals surface area contributed by atoms with Crippen molar-refractivity contribution in [3.8, 4) is 0 Å². The van der Waals surface area contributed by atoms with Crippen LogP contribution in [0.3, 0.4) is 0 Å². The van der Waals surface area contributed by atoms with Crippen LogP contribution in [0.15, 0.2) is 28.7 Å². The fourth-order valence-corrected chi connectivity index (χ4v) is 3.45. The Morgan fingerprint density at radius 3 is 2.75 bits per heavy atom. The molecular formula is C16H24BrNO2. The van der Waals surface area contributed by atoms with Crippen molar-refractivity contribution in [1.82, 2.24) is 5.32 Å². The number of rotatable bonds is 6. The number of hydrogen-bond acceptors (Lipinski definition) is 3. The molecule has 2 rings (SSSR count). The van der Waals surface area contributed by atoms with Gasteiger partial charge in [-0.3, -0.25) is 0 Å². The molecule has 0 spiro atoms. The maximum absolute atomic E-state index is 5.94. The van der Waals surface area contributed by atoms with Gasteiger partial charge in [0, 0.05) is 43.7 Å². The second kappa shape index (κ2) is 7.55. The van der Waals surface area contributed by atoms with E-state index in [1.807, 2.05) is 7.11 Å². The van der Waals surface area contributed by atoms with Crippen LogP contribution >= 0.6 is 15.9 Å². The molecule has 1 N–H and O–H groups in total. The predicted molar refractivity (Wildman–Crippen MR) is 85.1 cm³/mol. The van der Waals surface area contributed by atoms with E-state index in [-0.39, 0.29) is 5.60 Å².